The predicted octanol–water partition coefficient (Wildman–Crippen LogP) is 6.25. The first-order chi connectivity index (χ1) is 18.0. The highest BCUT2D eigenvalue weighted by Gasteiger charge is 2.11. The molecule has 0 unspecified atom stereocenters. The van der Waals surface area contributed by atoms with Crippen LogP contribution in [0.2, 0.25) is 10.3 Å². The van der Waals surface area contributed by atoms with Crippen molar-refractivity contribution in [1.29, 1.82) is 0 Å². The first kappa shape index (κ1) is 31.3. The molecule has 0 saturated heterocycles. The quantitative estimate of drug-likeness (QED) is 0.290. The summed E-state index contributed by atoms with van der Waals surface area (Å²) in [5, 5.41) is 16.6. The lowest BCUT2D eigenvalue weighted by molar-refractivity contribution is 0.0820. The second kappa shape index (κ2) is 13.8. The number of hydrogen-bond donors (Lipinski definition) is 0. The van der Waals surface area contributed by atoms with E-state index in [-0.39, 0.29) is 19.2 Å². The van der Waals surface area contributed by atoms with E-state index in [9.17, 15) is 9.59 Å². The molecule has 2 aromatic carbocycles. The Bertz CT molecular complexity index is 1440. The monoisotopic (exact) mass is 566 g/mol. The van der Waals surface area contributed by atoms with E-state index in [4.69, 9.17) is 23.2 Å². The van der Waals surface area contributed by atoms with Crippen molar-refractivity contribution >= 4 is 35.0 Å². The fourth-order valence-corrected chi connectivity index (χ4v) is 3.71. The van der Waals surface area contributed by atoms with Gasteiger partial charge in [0.25, 0.3) is 11.8 Å². The lowest BCUT2D eigenvalue weighted by atomic mass is 10.1. The highest BCUT2D eigenvalue weighted by atomic mass is 35.5. The molecule has 10 heteroatoms. The van der Waals surface area contributed by atoms with Gasteiger partial charge in [-0.3, -0.25) is 9.59 Å². The number of rotatable bonds is 4. The maximum absolute atomic E-state index is 11.8. The number of carbonyl (C=O) groups excluding carboxylic acids is 2. The Morgan fingerprint density at radius 2 is 1.13 bits per heavy atom. The number of halogens is 2. The van der Waals surface area contributed by atoms with E-state index in [1.54, 1.807) is 68.3 Å². The van der Waals surface area contributed by atoms with Gasteiger partial charge >= 0.3 is 0 Å². The topological polar surface area (TPSA) is 92.2 Å². The van der Waals surface area contributed by atoms with E-state index < -0.39 is 0 Å². The molecule has 39 heavy (non-hydrogen) atoms. The molecule has 2 amide bonds. The van der Waals surface area contributed by atoms with E-state index in [1.807, 2.05) is 44.2 Å². The first-order valence-corrected chi connectivity index (χ1v) is 12.4. The molecule has 0 N–H and O–H groups in total. The Morgan fingerprint density at radius 1 is 0.641 bits per heavy atom. The summed E-state index contributed by atoms with van der Waals surface area (Å²) in [6.45, 7) is 3.80. The molecule has 0 fully saturated rings. The average Bonchev–Trinajstić information content (AvgIpc) is 2.90. The lowest BCUT2D eigenvalue weighted by Crippen LogP contribution is -2.21. The molecule has 0 spiro atoms. The molecule has 0 atom stereocenters. The second-order valence-electron chi connectivity index (χ2n) is 8.96. The lowest BCUT2D eigenvalue weighted by Gasteiger charge is -2.10. The Labute approximate surface area is 239 Å². The number of aryl methyl sites for hydroxylation is 2. The van der Waals surface area contributed by atoms with E-state index in [1.165, 1.54) is 0 Å². The minimum Gasteiger partial charge on any atom is -0.345 e. The minimum atomic E-state index is -0.0232. The third-order valence-electron chi connectivity index (χ3n) is 5.52. The second-order valence-corrected chi connectivity index (χ2v) is 9.70. The summed E-state index contributed by atoms with van der Waals surface area (Å²) in [6, 6.07) is 18.2. The Balaban J connectivity index is 0.000000267. The zero-order valence-corrected chi connectivity index (χ0v) is 23.5. The zero-order valence-electron chi connectivity index (χ0n) is 22.0. The minimum absolute atomic E-state index is 0. The molecular weight excluding hydrogens is 535 g/mol. The van der Waals surface area contributed by atoms with Crippen molar-refractivity contribution in [3.63, 3.8) is 0 Å². The van der Waals surface area contributed by atoms with Gasteiger partial charge < -0.3 is 9.80 Å². The normalized spacial score (nSPS) is 10.1. The number of benzene rings is 2. The highest BCUT2D eigenvalue weighted by Crippen LogP contribution is 2.23. The number of hydrogen-bond acceptors (Lipinski definition) is 6. The van der Waals surface area contributed by atoms with Crippen molar-refractivity contribution in [3.8, 4) is 22.5 Å². The van der Waals surface area contributed by atoms with Gasteiger partial charge in [0.1, 0.15) is 0 Å². The number of carbonyl (C=O) groups is 2. The number of aromatic nitrogens is 4. The zero-order chi connectivity index (χ0) is 28.0. The van der Waals surface area contributed by atoms with Crippen LogP contribution in [0.15, 0.2) is 60.7 Å². The molecular formula is C29H32Cl2N6O2. The van der Waals surface area contributed by atoms with Crippen LogP contribution >= 0.6 is 23.2 Å². The Kier molecular flexibility index (Phi) is 11.1. The van der Waals surface area contributed by atoms with Crippen molar-refractivity contribution in [2.75, 3.05) is 28.2 Å². The van der Waals surface area contributed by atoms with Crippen LogP contribution in [-0.4, -0.2) is 70.2 Å². The summed E-state index contributed by atoms with van der Waals surface area (Å²) in [5.41, 5.74) is 6.45. The predicted molar refractivity (Wildman–Crippen MR) is 157 cm³/mol. The standard InChI is InChI=1S/2C14H14ClN3O.CH4/c1-9-8-12(15)16-17-13(9)10-4-6-11(7-5-10)14(19)18(2)3;1-9-8-12(16-17-13(9)15)10-4-6-11(7-5-10)14(19)18(2)3;/h2*4-8H,1-3H3;1H4. The average molecular weight is 568 g/mol. The van der Waals surface area contributed by atoms with Crippen LogP contribution in [-0.2, 0) is 0 Å². The van der Waals surface area contributed by atoms with Gasteiger partial charge in [-0.25, -0.2) is 0 Å². The molecule has 204 valence electrons. The molecule has 8 nitrogen and oxygen atoms in total. The summed E-state index contributed by atoms with van der Waals surface area (Å²) >= 11 is 11.6. The van der Waals surface area contributed by atoms with E-state index in [0.29, 0.717) is 21.4 Å². The maximum Gasteiger partial charge on any atom is 0.253 e. The van der Waals surface area contributed by atoms with Crippen molar-refractivity contribution in [1.82, 2.24) is 30.2 Å². The van der Waals surface area contributed by atoms with E-state index in [2.05, 4.69) is 20.4 Å². The molecule has 0 bridgehead atoms. The summed E-state index contributed by atoms with van der Waals surface area (Å²) in [6.07, 6.45) is 0. The van der Waals surface area contributed by atoms with Crippen LogP contribution in [0.4, 0.5) is 0 Å². The van der Waals surface area contributed by atoms with Gasteiger partial charge in [0, 0.05) is 50.4 Å². The smallest absolute Gasteiger partial charge is 0.253 e. The SMILES string of the molecule is C.Cc1cc(-c2ccc(C(=O)N(C)C)cc2)nnc1Cl.Cc1cc(Cl)nnc1-c1ccc(C(=O)N(C)C)cc1. The number of nitrogens with zero attached hydrogens (tertiary/aromatic N) is 6. The molecule has 0 saturated carbocycles. The molecule has 4 aromatic rings. The van der Waals surface area contributed by atoms with Crippen LogP contribution in [0.5, 0.6) is 0 Å². The summed E-state index contributed by atoms with van der Waals surface area (Å²) < 4.78 is 0. The molecule has 0 aliphatic rings. The fourth-order valence-electron chi connectivity index (χ4n) is 3.42. The van der Waals surface area contributed by atoms with Crippen molar-refractivity contribution in [2.45, 2.75) is 21.3 Å². The van der Waals surface area contributed by atoms with Gasteiger partial charge in [-0.05, 0) is 61.4 Å². The summed E-state index contributed by atoms with van der Waals surface area (Å²) in [5.74, 6) is -0.0459. The maximum atomic E-state index is 11.8. The Morgan fingerprint density at radius 3 is 1.56 bits per heavy atom. The third kappa shape index (κ3) is 8.05. The van der Waals surface area contributed by atoms with Crippen LogP contribution in [0, 0.1) is 13.8 Å². The molecule has 2 aromatic heterocycles. The van der Waals surface area contributed by atoms with Gasteiger partial charge in [-0.1, -0.05) is 54.9 Å². The van der Waals surface area contributed by atoms with Crippen LogP contribution in [0.1, 0.15) is 39.3 Å². The molecule has 0 aliphatic heterocycles. The Hall–Kier alpha value is -3.88. The van der Waals surface area contributed by atoms with Crippen molar-refractivity contribution in [3.05, 3.63) is 93.2 Å². The number of amides is 2. The molecule has 4 rings (SSSR count). The van der Waals surface area contributed by atoms with Gasteiger partial charge in [0.2, 0.25) is 0 Å². The van der Waals surface area contributed by atoms with Crippen LogP contribution in [0.25, 0.3) is 22.5 Å². The summed E-state index contributed by atoms with van der Waals surface area (Å²) in [4.78, 5) is 26.6. The van der Waals surface area contributed by atoms with Gasteiger partial charge in [0.15, 0.2) is 10.3 Å². The van der Waals surface area contributed by atoms with Crippen molar-refractivity contribution in [2.24, 2.45) is 0 Å². The highest BCUT2D eigenvalue weighted by molar-refractivity contribution is 6.30. The molecule has 0 radical (unpaired) electrons. The van der Waals surface area contributed by atoms with Gasteiger partial charge in [-0.2, -0.15) is 0 Å². The van der Waals surface area contributed by atoms with Crippen molar-refractivity contribution < 1.29 is 9.59 Å². The fraction of sp³-hybridized carbons (Fsp3) is 0.241. The first-order valence-electron chi connectivity index (χ1n) is 11.6. The van der Waals surface area contributed by atoms with E-state index >= 15 is 0 Å². The van der Waals surface area contributed by atoms with Gasteiger partial charge in [-0.15, -0.1) is 20.4 Å². The van der Waals surface area contributed by atoms with E-state index in [0.717, 1.165) is 33.6 Å². The molecule has 0 aliphatic carbocycles. The largest absolute Gasteiger partial charge is 0.345 e. The molecule has 2 heterocycles. The third-order valence-corrected chi connectivity index (χ3v) is 6.08. The van der Waals surface area contributed by atoms with Crippen LogP contribution in [0.3, 0.4) is 0 Å². The summed E-state index contributed by atoms with van der Waals surface area (Å²) in [7, 11) is 6.91. The van der Waals surface area contributed by atoms with Crippen LogP contribution < -0.4 is 0 Å². The van der Waals surface area contributed by atoms with Gasteiger partial charge in [0.05, 0.1) is 11.4 Å².